The van der Waals surface area contributed by atoms with Gasteiger partial charge in [-0.2, -0.15) is 0 Å². The average Bonchev–Trinajstić information content (AvgIpc) is 3.28. The number of esters is 1. The molecule has 0 unspecified atom stereocenters. The molecule has 0 spiro atoms. The van der Waals surface area contributed by atoms with E-state index in [0.717, 1.165) is 9.86 Å². The number of carbonyl (C=O) groups is 2. The summed E-state index contributed by atoms with van der Waals surface area (Å²) in [6, 6.07) is 9.59. The van der Waals surface area contributed by atoms with Crippen molar-refractivity contribution in [3.8, 4) is 5.75 Å². The molecule has 2 aromatic carbocycles. The van der Waals surface area contributed by atoms with Crippen molar-refractivity contribution in [3.05, 3.63) is 74.0 Å². The van der Waals surface area contributed by atoms with Gasteiger partial charge < -0.3 is 9.47 Å². The number of nitrogens with zero attached hydrogens (tertiary/aromatic N) is 3. The predicted molar refractivity (Wildman–Crippen MR) is 116 cm³/mol. The van der Waals surface area contributed by atoms with Crippen molar-refractivity contribution in [2.75, 3.05) is 7.11 Å². The Morgan fingerprint density at radius 1 is 1.29 bits per heavy atom. The summed E-state index contributed by atoms with van der Waals surface area (Å²) in [7, 11) is 1.33. The summed E-state index contributed by atoms with van der Waals surface area (Å²) >= 11 is 3.41. The molecule has 0 aliphatic carbocycles. The maximum Gasteiger partial charge on any atom is 0.363 e. The molecule has 1 aliphatic heterocycles. The highest BCUT2D eigenvalue weighted by Crippen LogP contribution is 2.31. The summed E-state index contributed by atoms with van der Waals surface area (Å²) in [5.74, 6) is -0.858. The van der Waals surface area contributed by atoms with E-state index in [1.165, 1.54) is 42.9 Å². The standard InChI is InChI=1S/C21H14BrN3O6/c1-11(26)24-10-13(15-9-14(22)4-5-17(15)24)7-16-21(27)31-20(23-16)12-3-6-19(30-2)18(8-12)25(28)29/h3-10H,1-2H3/b16-7-. The van der Waals surface area contributed by atoms with Gasteiger partial charge in [0, 0.05) is 40.2 Å². The van der Waals surface area contributed by atoms with Crippen LogP contribution in [0.2, 0.25) is 0 Å². The first kappa shape index (κ1) is 20.5. The monoisotopic (exact) mass is 483 g/mol. The number of carbonyl (C=O) groups excluding carboxylic acids is 2. The van der Waals surface area contributed by atoms with Gasteiger partial charge in [-0.05, 0) is 36.4 Å². The molecule has 31 heavy (non-hydrogen) atoms. The second kappa shape index (κ2) is 7.80. The minimum Gasteiger partial charge on any atom is -0.490 e. The van der Waals surface area contributed by atoms with Crippen LogP contribution in [0.3, 0.4) is 0 Å². The quantitative estimate of drug-likeness (QED) is 0.236. The third-order valence-electron chi connectivity index (χ3n) is 4.67. The predicted octanol–water partition coefficient (Wildman–Crippen LogP) is 4.33. The largest absolute Gasteiger partial charge is 0.490 e. The van der Waals surface area contributed by atoms with Crippen LogP contribution < -0.4 is 4.74 Å². The van der Waals surface area contributed by atoms with Crippen LogP contribution in [0, 0.1) is 10.1 Å². The molecule has 0 radical (unpaired) electrons. The Balaban J connectivity index is 1.79. The highest BCUT2D eigenvalue weighted by atomic mass is 79.9. The number of fused-ring (bicyclic) bond motifs is 1. The Hall–Kier alpha value is -3.79. The van der Waals surface area contributed by atoms with Crippen molar-refractivity contribution in [1.29, 1.82) is 0 Å². The van der Waals surface area contributed by atoms with Crippen LogP contribution >= 0.6 is 15.9 Å². The first-order chi connectivity index (χ1) is 14.8. The van der Waals surface area contributed by atoms with Gasteiger partial charge >= 0.3 is 11.7 Å². The second-order valence-electron chi connectivity index (χ2n) is 6.61. The molecule has 2 heterocycles. The zero-order chi connectivity index (χ0) is 22.3. The van der Waals surface area contributed by atoms with Gasteiger partial charge in [0.15, 0.2) is 11.4 Å². The number of cyclic esters (lactones) is 1. The molecule has 1 aromatic heterocycles. The molecule has 0 bridgehead atoms. The lowest BCUT2D eigenvalue weighted by Crippen LogP contribution is -2.06. The molecule has 156 valence electrons. The lowest BCUT2D eigenvalue weighted by Gasteiger charge is -2.03. The summed E-state index contributed by atoms with van der Waals surface area (Å²) in [5.41, 5.74) is 1.29. The van der Waals surface area contributed by atoms with E-state index in [0.29, 0.717) is 11.1 Å². The first-order valence-corrected chi connectivity index (χ1v) is 9.74. The van der Waals surface area contributed by atoms with E-state index in [1.807, 2.05) is 12.1 Å². The molecule has 10 heteroatoms. The summed E-state index contributed by atoms with van der Waals surface area (Å²) in [6.45, 7) is 1.44. The van der Waals surface area contributed by atoms with E-state index >= 15 is 0 Å². The lowest BCUT2D eigenvalue weighted by molar-refractivity contribution is -0.385. The second-order valence-corrected chi connectivity index (χ2v) is 7.53. The van der Waals surface area contributed by atoms with Gasteiger partial charge in [-0.3, -0.25) is 19.5 Å². The van der Waals surface area contributed by atoms with Gasteiger partial charge in [-0.25, -0.2) is 9.79 Å². The number of nitro benzene ring substituents is 1. The van der Waals surface area contributed by atoms with E-state index in [9.17, 15) is 19.7 Å². The van der Waals surface area contributed by atoms with Crippen LogP contribution in [0.1, 0.15) is 22.8 Å². The maximum absolute atomic E-state index is 12.4. The summed E-state index contributed by atoms with van der Waals surface area (Å²) in [5, 5.41) is 12.0. The number of aromatic nitrogens is 1. The number of hydrogen-bond donors (Lipinski definition) is 0. The van der Waals surface area contributed by atoms with Gasteiger partial charge in [0.1, 0.15) is 0 Å². The molecular formula is C21H14BrN3O6. The van der Waals surface area contributed by atoms with Crippen molar-refractivity contribution in [3.63, 3.8) is 0 Å². The number of aliphatic imine (C=N–C) groups is 1. The molecule has 3 aromatic rings. The topological polar surface area (TPSA) is 113 Å². The number of nitro groups is 1. The lowest BCUT2D eigenvalue weighted by atomic mass is 10.1. The first-order valence-electron chi connectivity index (χ1n) is 8.95. The zero-order valence-corrected chi connectivity index (χ0v) is 17.9. The highest BCUT2D eigenvalue weighted by molar-refractivity contribution is 9.10. The highest BCUT2D eigenvalue weighted by Gasteiger charge is 2.27. The number of halogens is 1. The van der Waals surface area contributed by atoms with Gasteiger partial charge in [0.25, 0.3) is 0 Å². The molecule has 0 fully saturated rings. The van der Waals surface area contributed by atoms with Crippen LogP contribution in [0.25, 0.3) is 17.0 Å². The molecule has 0 amide bonds. The third-order valence-corrected chi connectivity index (χ3v) is 5.17. The van der Waals surface area contributed by atoms with Crippen molar-refractivity contribution >= 4 is 56.4 Å². The van der Waals surface area contributed by atoms with Gasteiger partial charge in [-0.1, -0.05) is 15.9 Å². The molecule has 4 rings (SSSR count). The van der Waals surface area contributed by atoms with E-state index in [4.69, 9.17) is 9.47 Å². The third kappa shape index (κ3) is 3.73. The molecule has 0 atom stereocenters. The summed E-state index contributed by atoms with van der Waals surface area (Å²) < 4.78 is 12.5. The number of benzene rings is 2. The fraction of sp³-hybridized carbons (Fsp3) is 0.0952. The van der Waals surface area contributed by atoms with Gasteiger partial charge in [-0.15, -0.1) is 0 Å². The van der Waals surface area contributed by atoms with E-state index in [1.54, 1.807) is 12.3 Å². The van der Waals surface area contributed by atoms with Crippen LogP contribution in [0.5, 0.6) is 5.75 Å². The maximum atomic E-state index is 12.4. The molecular weight excluding hydrogens is 470 g/mol. The van der Waals surface area contributed by atoms with Crippen LogP contribution in [-0.4, -0.2) is 34.4 Å². The molecule has 0 saturated heterocycles. The zero-order valence-electron chi connectivity index (χ0n) is 16.3. The Bertz CT molecular complexity index is 1340. The van der Waals surface area contributed by atoms with Crippen LogP contribution in [-0.2, 0) is 9.53 Å². The smallest absolute Gasteiger partial charge is 0.363 e. The number of hydrogen-bond acceptors (Lipinski definition) is 7. The summed E-state index contributed by atoms with van der Waals surface area (Å²) in [4.78, 5) is 39.3. The fourth-order valence-electron chi connectivity index (χ4n) is 3.25. The fourth-order valence-corrected chi connectivity index (χ4v) is 3.61. The van der Waals surface area contributed by atoms with Crippen molar-refractivity contribution in [2.45, 2.75) is 6.92 Å². The molecule has 9 nitrogen and oxygen atoms in total. The van der Waals surface area contributed by atoms with Gasteiger partial charge in [0.2, 0.25) is 11.8 Å². The normalized spacial score (nSPS) is 14.6. The number of methoxy groups -OCH3 is 1. The van der Waals surface area contributed by atoms with Crippen molar-refractivity contribution in [2.24, 2.45) is 4.99 Å². The SMILES string of the molecule is COc1ccc(C2=N/C(=C\c3cn(C(C)=O)c4ccc(Br)cc34)C(=O)O2)cc1[N+](=O)[O-]. The molecule has 0 N–H and O–H groups in total. The van der Waals surface area contributed by atoms with Crippen molar-refractivity contribution in [1.82, 2.24) is 4.57 Å². The van der Waals surface area contributed by atoms with Crippen LogP contribution in [0.15, 0.2) is 57.8 Å². The minimum absolute atomic E-state index is 0.0102. The van der Waals surface area contributed by atoms with E-state index in [-0.39, 0.29) is 34.5 Å². The molecule has 1 aliphatic rings. The Kier molecular flexibility index (Phi) is 5.15. The molecule has 0 saturated carbocycles. The number of rotatable bonds is 4. The minimum atomic E-state index is -0.702. The van der Waals surface area contributed by atoms with Crippen molar-refractivity contribution < 1.29 is 24.0 Å². The Labute approximate surface area is 183 Å². The van der Waals surface area contributed by atoms with Gasteiger partial charge in [0.05, 0.1) is 17.5 Å². The average molecular weight is 484 g/mol. The number of ether oxygens (including phenoxy) is 2. The summed E-state index contributed by atoms with van der Waals surface area (Å²) in [6.07, 6.45) is 3.13. The van der Waals surface area contributed by atoms with Crippen LogP contribution in [0.4, 0.5) is 5.69 Å². The van der Waals surface area contributed by atoms with E-state index in [2.05, 4.69) is 20.9 Å². The Morgan fingerprint density at radius 3 is 2.74 bits per heavy atom. The van der Waals surface area contributed by atoms with E-state index < -0.39 is 10.9 Å². The Morgan fingerprint density at radius 2 is 2.06 bits per heavy atom.